The molecule has 2 saturated carbocycles. The quantitative estimate of drug-likeness (QED) is 0.282. The molecular formula is C40H57BrF2N2O6. The van der Waals surface area contributed by atoms with Crippen molar-refractivity contribution in [2.24, 2.45) is 0 Å². The molecule has 1 N–H and O–H groups in total. The third kappa shape index (κ3) is 12.2. The monoisotopic (exact) mass is 778 g/mol. The van der Waals surface area contributed by atoms with Crippen LogP contribution < -0.4 is 10.2 Å². The minimum atomic E-state index is -0.482. The summed E-state index contributed by atoms with van der Waals surface area (Å²) < 4.78 is 49.5. The van der Waals surface area contributed by atoms with Gasteiger partial charge in [0.15, 0.2) is 0 Å². The van der Waals surface area contributed by atoms with Crippen LogP contribution in [0.5, 0.6) is 0 Å². The highest BCUT2D eigenvalue weighted by molar-refractivity contribution is 9.10. The van der Waals surface area contributed by atoms with E-state index in [1.807, 2.05) is 58.6 Å². The van der Waals surface area contributed by atoms with Gasteiger partial charge in [-0.05, 0) is 119 Å². The van der Waals surface area contributed by atoms with Crippen molar-refractivity contribution in [2.45, 2.75) is 115 Å². The number of carbonyl (C=O) groups is 2. The molecule has 2 aromatic rings. The van der Waals surface area contributed by atoms with Crippen molar-refractivity contribution in [3.63, 3.8) is 0 Å². The molecule has 2 aliphatic carbocycles. The SMILES string of the molecule is C1COCCN1.CC(C)(C)OC(=O)CC1(c2ccc(F)c(Br)c2)CCC1.CC(C)(C)OC(=O)CC1(c2ccc(F)c(N3CCOCC3)c2)CCC1. The van der Waals surface area contributed by atoms with Crippen molar-refractivity contribution in [3.05, 3.63) is 63.6 Å². The van der Waals surface area contributed by atoms with Crippen LogP contribution >= 0.6 is 15.9 Å². The third-order valence-electron chi connectivity index (χ3n) is 9.72. The van der Waals surface area contributed by atoms with Crippen molar-refractivity contribution in [1.29, 1.82) is 0 Å². The molecule has 0 spiro atoms. The van der Waals surface area contributed by atoms with E-state index in [0.29, 0.717) is 49.3 Å². The first-order valence-electron chi connectivity index (χ1n) is 18.3. The number of benzene rings is 2. The number of carbonyl (C=O) groups excluding carboxylic acids is 2. The van der Waals surface area contributed by atoms with E-state index in [2.05, 4.69) is 21.2 Å². The van der Waals surface area contributed by atoms with E-state index in [1.54, 1.807) is 12.1 Å². The van der Waals surface area contributed by atoms with Gasteiger partial charge < -0.3 is 29.2 Å². The van der Waals surface area contributed by atoms with E-state index in [4.69, 9.17) is 18.9 Å². The second-order valence-electron chi connectivity index (χ2n) is 16.1. The molecule has 51 heavy (non-hydrogen) atoms. The summed E-state index contributed by atoms with van der Waals surface area (Å²) in [6.07, 6.45) is 6.70. The van der Waals surface area contributed by atoms with Crippen LogP contribution in [-0.4, -0.2) is 75.7 Å². The van der Waals surface area contributed by atoms with E-state index in [0.717, 1.165) is 76.0 Å². The summed E-state index contributed by atoms with van der Waals surface area (Å²) in [6, 6.07) is 10.3. The predicted octanol–water partition coefficient (Wildman–Crippen LogP) is 8.16. The maximum Gasteiger partial charge on any atom is 0.307 e. The lowest BCUT2D eigenvalue weighted by atomic mass is 9.62. The Morgan fingerprint density at radius 1 is 0.745 bits per heavy atom. The van der Waals surface area contributed by atoms with E-state index in [1.165, 1.54) is 12.1 Å². The van der Waals surface area contributed by atoms with Gasteiger partial charge in [-0.25, -0.2) is 8.78 Å². The molecule has 0 radical (unpaired) electrons. The van der Waals surface area contributed by atoms with Crippen molar-refractivity contribution in [1.82, 2.24) is 5.32 Å². The van der Waals surface area contributed by atoms with Gasteiger partial charge in [0.2, 0.25) is 0 Å². The highest BCUT2D eigenvalue weighted by Gasteiger charge is 2.43. The Balaban J connectivity index is 0.000000200. The zero-order chi connectivity index (χ0) is 37.3. The molecule has 0 aromatic heterocycles. The molecule has 0 unspecified atom stereocenters. The summed E-state index contributed by atoms with van der Waals surface area (Å²) in [5.41, 5.74) is 1.34. The van der Waals surface area contributed by atoms with Crippen LogP contribution in [0.25, 0.3) is 0 Å². The van der Waals surface area contributed by atoms with Crippen molar-refractivity contribution in [2.75, 3.05) is 57.5 Å². The van der Waals surface area contributed by atoms with Crippen LogP contribution in [0.3, 0.4) is 0 Å². The molecule has 0 amide bonds. The molecule has 2 saturated heterocycles. The molecule has 0 atom stereocenters. The minimum Gasteiger partial charge on any atom is -0.460 e. The van der Waals surface area contributed by atoms with Gasteiger partial charge in [0.1, 0.15) is 22.8 Å². The first-order valence-corrected chi connectivity index (χ1v) is 19.1. The Hall–Kier alpha value is -2.60. The number of esters is 2. The number of halogens is 3. The van der Waals surface area contributed by atoms with Crippen LogP contribution in [0.1, 0.15) is 104 Å². The van der Waals surface area contributed by atoms with Crippen LogP contribution in [0.2, 0.25) is 0 Å². The second-order valence-corrected chi connectivity index (χ2v) is 16.9. The average molecular weight is 780 g/mol. The molecule has 11 heteroatoms. The molecule has 4 fully saturated rings. The molecule has 284 valence electrons. The normalized spacial score (nSPS) is 19.5. The van der Waals surface area contributed by atoms with Gasteiger partial charge in [-0.2, -0.15) is 0 Å². The van der Waals surface area contributed by atoms with Gasteiger partial charge in [0, 0.05) is 37.0 Å². The number of hydrogen-bond acceptors (Lipinski definition) is 8. The lowest BCUT2D eigenvalue weighted by Gasteiger charge is -2.43. The third-order valence-corrected chi connectivity index (χ3v) is 10.3. The summed E-state index contributed by atoms with van der Waals surface area (Å²) in [4.78, 5) is 26.5. The Bertz CT molecular complexity index is 1440. The lowest BCUT2D eigenvalue weighted by molar-refractivity contribution is -0.158. The van der Waals surface area contributed by atoms with Crippen LogP contribution in [-0.2, 0) is 39.4 Å². The number of ether oxygens (including phenoxy) is 4. The summed E-state index contributed by atoms with van der Waals surface area (Å²) in [5.74, 6) is -0.847. The highest BCUT2D eigenvalue weighted by Crippen LogP contribution is 2.49. The van der Waals surface area contributed by atoms with Crippen molar-refractivity contribution < 1.29 is 37.3 Å². The molecule has 6 rings (SSSR count). The van der Waals surface area contributed by atoms with Gasteiger partial charge in [-0.1, -0.05) is 25.0 Å². The van der Waals surface area contributed by atoms with E-state index in [-0.39, 0.29) is 34.4 Å². The van der Waals surface area contributed by atoms with Crippen molar-refractivity contribution >= 4 is 33.6 Å². The zero-order valence-corrected chi connectivity index (χ0v) is 32.9. The van der Waals surface area contributed by atoms with E-state index >= 15 is 0 Å². The van der Waals surface area contributed by atoms with Gasteiger partial charge in [0.05, 0.1) is 49.4 Å². The maximum absolute atomic E-state index is 14.4. The zero-order valence-electron chi connectivity index (χ0n) is 31.3. The number of nitrogens with one attached hydrogen (secondary N) is 1. The molecule has 2 heterocycles. The Labute approximate surface area is 311 Å². The van der Waals surface area contributed by atoms with Crippen LogP contribution in [0, 0.1) is 11.6 Å². The lowest BCUT2D eigenvalue weighted by Crippen LogP contribution is -2.40. The Morgan fingerprint density at radius 3 is 1.57 bits per heavy atom. The standard InChI is InChI=1S/C20H28FNO3.C16H20BrFO2.C4H9NO/c1-19(2,3)25-18(23)14-20(7-4-8-20)15-5-6-16(21)17(13-15)22-9-11-24-12-10-22;1-15(2,3)20-14(19)10-16(7-4-8-16)11-5-6-13(18)12(17)9-11;1-3-6-4-2-5-1/h5-6,13H,4,7-12,14H2,1-3H3;5-6,9H,4,7-8,10H2,1-3H3;5H,1-4H2. The first kappa shape index (κ1) is 41.2. The fraction of sp³-hybridized carbons (Fsp3) is 0.650. The number of hydrogen-bond donors (Lipinski definition) is 1. The molecule has 2 aromatic carbocycles. The fourth-order valence-corrected chi connectivity index (χ4v) is 7.26. The fourth-order valence-electron chi connectivity index (χ4n) is 6.88. The van der Waals surface area contributed by atoms with Gasteiger partial charge in [0.25, 0.3) is 0 Å². The average Bonchev–Trinajstić information content (AvgIpc) is 3.03. The summed E-state index contributed by atoms with van der Waals surface area (Å²) >= 11 is 3.22. The molecule has 0 bridgehead atoms. The van der Waals surface area contributed by atoms with Gasteiger partial charge >= 0.3 is 11.9 Å². The second kappa shape index (κ2) is 18.0. The largest absolute Gasteiger partial charge is 0.460 e. The topological polar surface area (TPSA) is 86.3 Å². The smallest absolute Gasteiger partial charge is 0.307 e. The van der Waals surface area contributed by atoms with E-state index < -0.39 is 11.2 Å². The number of anilines is 1. The molecule has 4 aliphatic rings. The summed E-state index contributed by atoms with van der Waals surface area (Å²) in [7, 11) is 0. The number of nitrogens with zero attached hydrogens (tertiary/aromatic N) is 1. The summed E-state index contributed by atoms with van der Waals surface area (Å²) in [5, 5.41) is 3.16. The molecule has 8 nitrogen and oxygen atoms in total. The molecular weight excluding hydrogens is 722 g/mol. The Kier molecular flexibility index (Phi) is 14.5. The van der Waals surface area contributed by atoms with Crippen LogP contribution in [0.4, 0.5) is 14.5 Å². The number of morpholine rings is 2. The maximum atomic E-state index is 14.4. The van der Waals surface area contributed by atoms with Crippen molar-refractivity contribution in [3.8, 4) is 0 Å². The van der Waals surface area contributed by atoms with Gasteiger partial charge in [-0.3, -0.25) is 9.59 Å². The number of rotatable bonds is 7. The van der Waals surface area contributed by atoms with E-state index in [9.17, 15) is 18.4 Å². The minimum absolute atomic E-state index is 0.176. The molecule has 2 aliphatic heterocycles. The Morgan fingerprint density at radius 2 is 1.20 bits per heavy atom. The highest BCUT2D eigenvalue weighted by atomic mass is 79.9. The van der Waals surface area contributed by atoms with Gasteiger partial charge in [-0.15, -0.1) is 0 Å². The predicted molar refractivity (Wildman–Crippen MR) is 199 cm³/mol. The summed E-state index contributed by atoms with van der Waals surface area (Å²) in [6.45, 7) is 17.7. The van der Waals surface area contributed by atoms with Crippen LogP contribution in [0.15, 0.2) is 40.9 Å². The first-order chi connectivity index (χ1) is 24.0.